The summed E-state index contributed by atoms with van der Waals surface area (Å²) in [5, 5.41) is 0. The zero-order chi connectivity index (χ0) is 15.7. The Hall–Kier alpha value is -0.180. The maximum Gasteiger partial charge on any atom is 0.157 e. The highest BCUT2D eigenvalue weighted by Crippen LogP contribution is 2.31. The monoisotopic (exact) mass is 292 g/mol. The van der Waals surface area contributed by atoms with Crippen LogP contribution in [0.15, 0.2) is 0 Å². The molecule has 3 heteroatoms. The molecule has 1 aliphatic carbocycles. The van der Waals surface area contributed by atoms with Crippen LogP contribution in [0.1, 0.15) is 67.2 Å². The second-order valence-corrected chi connectivity index (χ2v) is 6.39. The van der Waals surface area contributed by atoms with Gasteiger partial charge in [0, 0.05) is 6.61 Å². The topological polar surface area (TPSA) is 9.23 Å². The van der Waals surface area contributed by atoms with Gasteiger partial charge >= 0.3 is 0 Å². The molecule has 1 saturated carbocycles. The summed E-state index contributed by atoms with van der Waals surface area (Å²) < 4.78 is 32.9. The molecule has 5 atom stereocenters. The Bertz CT molecular complexity index is 233. The van der Waals surface area contributed by atoms with Gasteiger partial charge in [-0.05, 0) is 37.0 Å². The molecule has 1 aliphatic rings. The number of halogens is 2. The highest BCUT2D eigenvalue weighted by atomic mass is 19.2. The predicted molar refractivity (Wildman–Crippen MR) is 82.5 cm³/mol. The summed E-state index contributed by atoms with van der Waals surface area (Å²) in [6.45, 7) is 12.8. The number of hydrogen-bond acceptors (Lipinski definition) is 1. The number of alkyl halides is 2. The van der Waals surface area contributed by atoms with Crippen LogP contribution in [0.2, 0.25) is 0 Å². The van der Waals surface area contributed by atoms with E-state index in [0.717, 1.165) is 19.3 Å². The first-order valence-corrected chi connectivity index (χ1v) is 8.31. The zero-order valence-electron chi connectivity index (χ0n) is 14.2. The Morgan fingerprint density at radius 3 is 2.15 bits per heavy atom. The van der Waals surface area contributed by atoms with Crippen LogP contribution in [0.4, 0.5) is 8.78 Å². The molecule has 5 unspecified atom stereocenters. The largest absolute Gasteiger partial charge is 0.375 e. The normalized spacial score (nSPS) is 31.6. The van der Waals surface area contributed by atoms with Crippen molar-refractivity contribution in [2.45, 2.75) is 85.7 Å². The maximum atomic E-state index is 13.8. The van der Waals surface area contributed by atoms with Crippen LogP contribution in [-0.2, 0) is 4.74 Å². The van der Waals surface area contributed by atoms with E-state index >= 15 is 0 Å². The number of ether oxygens (including phenoxy) is 1. The van der Waals surface area contributed by atoms with E-state index in [2.05, 4.69) is 20.8 Å². The van der Waals surface area contributed by atoms with Gasteiger partial charge in [-0.1, -0.05) is 48.0 Å². The lowest BCUT2D eigenvalue weighted by atomic mass is 9.85. The third-order valence-corrected chi connectivity index (χ3v) is 3.94. The summed E-state index contributed by atoms with van der Waals surface area (Å²) in [5.74, 6) is 0.947. The van der Waals surface area contributed by atoms with Crippen LogP contribution >= 0.6 is 0 Å². The van der Waals surface area contributed by atoms with Crippen molar-refractivity contribution in [1.82, 2.24) is 0 Å². The van der Waals surface area contributed by atoms with Gasteiger partial charge in [0.05, 0.1) is 6.10 Å². The summed E-state index contributed by atoms with van der Waals surface area (Å²) in [4.78, 5) is 0. The predicted octanol–water partition coefficient (Wildman–Crippen LogP) is 5.58. The van der Waals surface area contributed by atoms with Gasteiger partial charge in [0.1, 0.15) is 6.17 Å². The Balaban J connectivity index is 0.00000172. The number of hydrogen-bond donors (Lipinski definition) is 0. The summed E-state index contributed by atoms with van der Waals surface area (Å²) in [7, 11) is 0. The molecule has 0 aromatic carbocycles. The molecule has 0 aromatic rings. The van der Waals surface area contributed by atoms with Crippen LogP contribution in [0.3, 0.4) is 0 Å². The SMILES string of the molecule is CC.CC(C)CCC(C)COC1CCC(C)C(F)C1F. The first-order valence-electron chi connectivity index (χ1n) is 8.31. The van der Waals surface area contributed by atoms with E-state index in [0.29, 0.717) is 24.9 Å². The van der Waals surface area contributed by atoms with Gasteiger partial charge < -0.3 is 4.74 Å². The average Bonchev–Trinajstić information content (AvgIpc) is 2.44. The van der Waals surface area contributed by atoms with Crippen LogP contribution in [0, 0.1) is 17.8 Å². The zero-order valence-corrected chi connectivity index (χ0v) is 14.2. The highest BCUT2D eigenvalue weighted by Gasteiger charge is 2.38. The molecule has 1 nitrogen and oxygen atoms in total. The Kier molecular flexibility index (Phi) is 10.4. The molecule has 1 fully saturated rings. The standard InChI is InChI=1S/C15H28F2O.C2H6/c1-10(2)5-6-11(3)9-18-13-8-7-12(4)14(16)15(13)17;1-2/h10-15H,5-9H2,1-4H3;1-2H3. The molecular weight excluding hydrogens is 258 g/mol. The van der Waals surface area contributed by atoms with Crippen molar-refractivity contribution >= 4 is 0 Å². The molecule has 0 amide bonds. The van der Waals surface area contributed by atoms with E-state index in [4.69, 9.17) is 4.74 Å². The average molecular weight is 292 g/mol. The molecule has 122 valence electrons. The van der Waals surface area contributed by atoms with Crippen molar-refractivity contribution < 1.29 is 13.5 Å². The molecule has 0 N–H and O–H groups in total. The third-order valence-electron chi connectivity index (χ3n) is 3.94. The van der Waals surface area contributed by atoms with Gasteiger partial charge in [-0.3, -0.25) is 0 Å². The van der Waals surface area contributed by atoms with Gasteiger partial charge in [-0.15, -0.1) is 0 Å². The van der Waals surface area contributed by atoms with E-state index in [9.17, 15) is 8.78 Å². The number of rotatable bonds is 6. The van der Waals surface area contributed by atoms with Crippen molar-refractivity contribution in [3.63, 3.8) is 0 Å². The lowest BCUT2D eigenvalue weighted by Gasteiger charge is -2.33. The van der Waals surface area contributed by atoms with E-state index in [1.807, 2.05) is 13.8 Å². The smallest absolute Gasteiger partial charge is 0.157 e. The van der Waals surface area contributed by atoms with E-state index in [1.54, 1.807) is 6.92 Å². The molecule has 0 radical (unpaired) electrons. The molecule has 0 aliphatic heterocycles. The van der Waals surface area contributed by atoms with Gasteiger partial charge in [-0.2, -0.15) is 0 Å². The second-order valence-electron chi connectivity index (χ2n) is 6.39. The Labute approximate surface area is 124 Å². The molecule has 1 rings (SSSR count). The quantitative estimate of drug-likeness (QED) is 0.621. The van der Waals surface area contributed by atoms with Gasteiger partial charge in [0.15, 0.2) is 6.17 Å². The van der Waals surface area contributed by atoms with E-state index in [-0.39, 0.29) is 5.92 Å². The summed E-state index contributed by atoms with van der Waals surface area (Å²) >= 11 is 0. The first kappa shape index (κ1) is 19.8. The minimum atomic E-state index is -1.44. The van der Waals surface area contributed by atoms with Crippen LogP contribution < -0.4 is 0 Å². The Morgan fingerprint density at radius 1 is 1.00 bits per heavy atom. The summed E-state index contributed by atoms with van der Waals surface area (Å²) in [6, 6.07) is 0. The summed E-state index contributed by atoms with van der Waals surface area (Å²) in [5.41, 5.74) is 0. The van der Waals surface area contributed by atoms with Crippen molar-refractivity contribution in [2.24, 2.45) is 17.8 Å². The van der Waals surface area contributed by atoms with Crippen LogP contribution in [0.25, 0.3) is 0 Å². The maximum absolute atomic E-state index is 13.8. The van der Waals surface area contributed by atoms with Gasteiger partial charge in [0.25, 0.3) is 0 Å². The lowest BCUT2D eigenvalue weighted by molar-refractivity contribution is -0.0796. The fraction of sp³-hybridized carbons (Fsp3) is 1.00. The molecular formula is C17H34F2O. The first-order chi connectivity index (χ1) is 9.41. The molecule has 0 spiro atoms. The third kappa shape index (κ3) is 7.01. The second kappa shape index (κ2) is 10.5. The summed E-state index contributed by atoms with van der Waals surface area (Å²) in [6.07, 6.45) is 0.318. The minimum Gasteiger partial charge on any atom is -0.375 e. The van der Waals surface area contributed by atoms with Gasteiger partial charge in [-0.25, -0.2) is 8.78 Å². The fourth-order valence-corrected chi connectivity index (χ4v) is 2.43. The van der Waals surface area contributed by atoms with Crippen LogP contribution in [0.5, 0.6) is 0 Å². The fourth-order valence-electron chi connectivity index (χ4n) is 2.43. The molecule has 0 heterocycles. The highest BCUT2D eigenvalue weighted by molar-refractivity contribution is 4.87. The van der Waals surface area contributed by atoms with Crippen molar-refractivity contribution in [1.29, 1.82) is 0 Å². The van der Waals surface area contributed by atoms with Crippen molar-refractivity contribution in [2.75, 3.05) is 6.61 Å². The molecule has 0 bridgehead atoms. The van der Waals surface area contributed by atoms with Crippen LogP contribution in [-0.4, -0.2) is 25.1 Å². The van der Waals surface area contributed by atoms with Crippen molar-refractivity contribution in [3.05, 3.63) is 0 Å². The van der Waals surface area contributed by atoms with E-state index < -0.39 is 18.4 Å². The minimum absolute atomic E-state index is 0.168. The Morgan fingerprint density at radius 2 is 1.60 bits per heavy atom. The lowest BCUT2D eigenvalue weighted by Crippen LogP contribution is -2.42. The molecule has 20 heavy (non-hydrogen) atoms. The molecule has 0 saturated heterocycles. The van der Waals surface area contributed by atoms with Gasteiger partial charge in [0.2, 0.25) is 0 Å². The van der Waals surface area contributed by atoms with Crippen molar-refractivity contribution in [3.8, 4) is 0 Å². The molecule has 0 aromatic heterocycles. The van der Waals surface area contributed by atoms with E-state index in [1.165, 1.54) is 0 Å².